The second-order valence-corrected chi connectivity index (χ2v) is 7.80. The number of alkyl halides is 3. The van der Waals surface area contributed by atoms with E-state index >= 15 is 0 Å². The second kappa shape index (κ2) is 7.03. The molecular formula is C17H15F3N4O2S. The van der Waals surface area contributed by atoms with E-state index in [0.29, 0.717) is 0 Å². The van der Waals surface area contributed by atoms with Crippen molar-refractivity contribution >= 4 is 15.7 Å². The number of sulfone groups is 1. The minimum absolute atomic E-state index is 0.0340. The molecule has 0 saturated carbocycles. The van der Waals surface area contributed by atoms with Gasteiger partial charge in [0.15, 0.2) is 21.3 Å². The molecule has 0 unspecified atom stereocenters. The molecule has 0 amide bonds. The Labute approximate surface area is 153 Å². The van der Waals surface area contributed by atoms with Crippen molar-refractivity contribution in [1.82, 2.24) is 14.8 Å². The molecule has 0 spiro atoms. The van der Waals surface area contributed by atoms with E-state index in [1.807, 2.05) is 30.3 Å². The number of hydrogen-bond acceptors (Lipinski definition) is 5. The van der Waals surface area contributed by atoms with E-state index in [0.717, 1.165) is 28.8 Å². The summed E-state index contributed by atoms with van der Waals surface area (Å²) in [5.41, 5.74) is -0.203. The predicted octanol–water partition coefficient (Wildman–Crippen LogP) is 3.30. The lowest BCUT2D eigenvalue weighted by Crippen LogP contribution is -2.10. The minimum Gasteiger partial charge on any atom is -0.366 e. The number of hydrogen-bond donors (Lipinski definition) is 1. The van der Waals surface area contributed by atoms with Crippen molar-refractivity contribution in [2.24, 2.45) is 0 Å². The average Bonchev–Trinajstić information content (AvgIpc) is 3.05. The molecule has 1 aromatic carbocycles. The van der Waals surface area contributed by atoms with Crippen LogP contribution in [0.15, 0.2) is 59.6 Å². The zero-order chi connectivity index (χ0) is 19.7. The van der Waals surface area contributed by atoms with E-state index in [9.17, 15) is 21.6 Å². The van der Waals surface area contributed by atoms with E-state index in [4.69, 9.17) is 0 Å². The van der Waals surface area contributed by atoms with Crippen molar-refractivity contribution < 1.29 is 21.6 Å². The van der Waals surface area contributed by atoms with Gasteiger partial charge in [-0.2, -0.15) is 23.0 Å². The number of halogens is 3. The zero-order valence-electron chi connectivity index (χ0n) is 14.1. The van der Waals surface area contributed by atoms with Crippen LogP contribution in [-0.4, -0.2) is 29.4 Å². The molecule has 0 aliphatic rings. The predicted molar refractivity (Wildman–Crippen MR) is 93.2 cm³/mol. The molecule has 0 fully saturated rings. The molecule has 6 nitrogen and oxygen atoms in total. The fourth-order valence-electron chi connectivity index (χ4n) is 2.33. The van der Waals surface area contributed by atoms with Crippen LogP contribution < -0.4 is 5.32 Å². The fraction of sp³-hybridized carbons (Fsp3) is 0.176. The van der Waals surface area contributed by atoms with Crippen molar-refractivity contribution in [1.29, 1.82) is 0 Å². The quantitative estimate of drug-likeness (QED) is 0.716. The molecular weight excluding hydrogens is 381 g/mol. The summed E-state index contributed by atoms with van der Waals surface area (Å²) in [7, 11) is -3.46. The topological polar surface area (TPSA) is 76.9 Å². The molecule has 0 radical (unpaired) electrons. The first-order chi connectivity index (χ1) is 12.6. The molecule has 10 heteroatoms. The van der Waals surface area contributed by atoms with Gasteiger partial charge in [-0.1, -0.05) is 30.3 Å². The standard InChI is InChI=1S/C17H15F3N4O2S/c1-27(25,26)13-7-8-15(22-11-13)24-16(9-14(23-24)17(18,19)20)21-10-12-5-3-2-4-6-12/h2-9,11,21H,10H2,1H3. The van der Waals surface area contributed by atoms with Gasteiger partial charge >= 0.3 is 6.18 Å². The van der Waals surface area contributed by atoms with Crippen LogP contribution in [0.1, 0.15) is 11.3 Å². The third kappa shape index (κ3) is 4.45. The van der Waals surface area contributed by atoms with Crippen molar-refractivity contribution in [2.75, 3.05) is 11.6 Å². The monoisotopic (exact) mass is 396 g/mol. The van der Waals surface area contributed by atoms with E-state index < -0.39 is 21.7 Å². The number of aromatic nitrogens is 3. The summed E-state index contributed by atoms with van der Waals surface area (Å²) in [4.78, 5) is 3.91. The first-order valence-corrected chi connectivity index (χ1v) is 9.65. The number of nitrogens with one attached hydrogen (secondary N) is 1. The molecule has 27 heavy (non-hydrogen) atoms. The Kier molecular flexibility index (Phi) is 4.92. The van der Waals surface area contributed by atoms with Gasteiger partial charge in [0.1, 0.15) is 5.82 Å². The lowest BCUT2D eigenvalue weighted by molar-refractivity contribution is -0.141. The second-order valence-electron chi connectivity index (χ2n) is 5.79. The average molecular weight is 396 g/mol. The molecule has 0 aliphatic carbocycles. The molecule has 1 N–H and O–H groups in total. The van der Waals surface area contributed by atoms with Crippen molar-refractivity contribution in [3.05, 3.63) is 66.0 Å². The van der Waals surface area contributed by atoms with Crippen molar-refractivity contribution in [2.45, 2.75) is 17.6 Å². The van der Waals surface area contributed by atoms with E-state index in [2.05, 4.69) is 15.4 Å². The SMILES string of the molecule is CS(=O)(=O)c1ccc(-n2nc(C(F)(F)F)cc2NCc2ccccc2)nc1. The van der Waals surface area contributed by atoms with Crippen LogP contribution in [0.3, 0.4) is 0 Å². The van der Waals surface area contributed by atoms with Gasteiger partial charge in [0, 0.05) is 25.1 Å². The van der Waals surface area contributed by atoms with Gasteiger partial charge in [0.25, 0.3) is 0 Å². The Morgan fingerprint density at radius 3 is 2.37 bits per heavy atom. The normalized spacial score (nSPS) is 12.1. The molecule has 142 valence electrons. The van der Waals surface area contributed by atoms with Gasteiger partial charge < -0.3 is 5.32 Å². The number of nitrogens with zero attached hydrogens (tertiary/aromatic N) is 3. The number of benzene rings is 1. The summed E-state index contributed by atoms with van der Waals surface area (Å²) in [5.74, 6) is 0.152. The van der Waals surface area contributed by atoms with Crippen LogP contribution in [0.25, 0.3) is 5.82 Å². The highest BCUT2D eigenvalue weighted by Crippen LogP contribution is 2.31. The van der Waals surface area contributed by atoms with E-state index in [-0.39, 0.29) is 23.1 Å². The Balaban J connectivity index is 1.96. The van der Waals surface area contributed by atoms with Gasteiger partial charge in [0.2, 0.25) is 0 Å². The van der Waals surface area contributed by atoms with Crippen molar-refractivity contribution in [3.8, 4) is 5.82 Å². The highest BCUT2D eigenvalue weighted by molar-refractivity contribution is 7.90. The third-order valence-corrected chi connectivity index (χ3v) is 4.78. The largest absolute Gasteiger partial charge is 0.435 e. The van der Waals surface area contributed by atoms with Gasteiger partial charge in [-0.3, -0.25) is 0 Å². The summed E-state index contributed by atoms with van der Waals surface area (Å²) < 4.78 is 63.3. The summed E-state index contributed by atoms with van der Waals surface area (Å²) in [6.07, 6.45) is -2.52. The summed E-state index contributed by atoms with van der Waals surface area (Å²) >= 11 is 0. The Hall–Kier alpha value is -2.88. The molecule has 0 saturated heterocycles. The van der Waals surface area contributed by atoms with Crippen LogP contribution in [0.4, 0.5) is 19.0 Å². The molecule has 3 aromatic rings. The van der Waals surface area contributed by atoms with Gasteiger partial charge in [0.05, 0.1) is 4.90 Å². The van der Waals surface area contributed by atoms with Crippen LogP contribution in [0.5, 0.6) is 0 Å². The summed E-state index contributed by atoms with van der Waals surface area (Å²) in [5, 5.41) is 6.48. The van der Waals surface area contributed by atoms with Crippen molar-refractivity contribution in [3.63, 3.8) is 0 Å². The lowest BCUT2D eigenvalue weighted by Gasteiger charge is -2.09. The minimum atomic E-state index is -4.62. The molecule has 0 aliphatic heterocycles. The van der Waals surface area contributed by atoms with E-state index in [1.165, 1.54) is 12.1 Å². The van der Waals surface area contributed by atoms with Crippen LogP contribution >= 0.6 is 0 Å². The number of pyridine rings is 1. The van der Waals surface area contributed by atoms with Gasteiger partial charge in [-0.25, -0.2) is 13.4 Å². The highest BCUT2D eigenvalue weighted by Gasteiger charge is 2.35. The number of anilines is 1. The summed E-state index contributed by atoms with van der Waals surface area (Å²) in [6.45, 7) is 0.283. The molecule has 0 atom stereocenters. The lowest BCUT2D eigenvalue weighted by atomic mass is 10.2. The number of rotatable bonds is 5. The Morgan fingerprint density at radius 2 is 1.81 bits per heavy atom. The van der Waals surface area contributed by atoms with Crippen LogP contribution in [0.2, 0.25) is 0 Å². The fourth-order valence-corrected chi connectivity index (χ4v) is 2.89. The smallest absolute Gasteiger partial charge is 0.366 e. The first-order valence-electron chi connectivity index (χ1n) is 7.76. The zero-order valence-corrected chi connectivity index (χ0v) is 14.9. The van der Waals surface area contributed by atoms with Gasteiger partial charge in [-0.15, -0.1) is 0 Å². The Bertz CT molecular complexity index is 1030. The highest BCUT2D eigenvalue weighted by atomic mass is 32.2. The van der Waals surface area contributed by atoms with Gasteiger partial charge in [-0.05, 0) is 17.7 Å². The maximum atomic E-state index is 13.1. The summed E-state index contributed by atoms with van der Waals surface area (Å²) in [6, 6.07) is 12.6. The van der Waals surface area contributed by atoms with Crippen LogP contribution in [-0.2, 0) is 22.6 Å². The maximum absolute atomic E-state index is 13.1. The Morgan fingerprint density at radius 1 is 1.11 bits per heavy atom. The molecule has 0 bridgehead atoms. The van der Waals surface area contributed by atoms with Crippen LogP contribution in [0, 0.1) is 0 Å². The third-order valence-electron chi connectivity index (χ3n) is 3.68. The molecule has 3 rings (SSSR count). The first kappa shape index (κ1) is 18.9. The maximum Gasteiger partial charge on any atom is 0.435 e. The molecule has 2 aromatic heterocycles. The molecule has 2 heterocycles. The van der Waals surface area contributed by atoms with E-state index in [1.54, 1.807) is 0 Å².